The fraction of sp³-hybridized carbons (Fsp3) is 0.545. The van der Waals surface area contributed by atoms with Crippen LogP contribution in [0.25, 0.3) is 6.08 Å². The Morgan fingerprint density at radius 2 is 1.83 bits per heavy atom. The predicted octanol–water partition coefficient (Wildman–Crippen LogP) is 4.11. The molecule has 0 spiro atoms. The first-order valence-corrected chi connectivity index (χ1v) is 9.89. The van der Waals surface area contributed by atoms with Crippen LogP contribution in [0.5, 0.6) is 5.75 Å². The number of nitrogens with one attached hydrogen (secondary N) is 1. The maximum atomic E-state index is 12.2. The van der Waals surface area contributed by atoms with Gasteiger partial charge in [0.15, 0.2) is 0 Å². The molecule has 0 radical (unpaired) electrons. The van der Waals surface area contributed by atoms with E-state index in [1.807, 2.05) is 33.8 Å². The topological polar surface area (TPSA) is 89.8 Å². The Bertz CT molecular complexity index is 849. The Kier molecular flexibility index (Phi) is 6.90. The zero-order chi connectivity index (χ0) is 22.7. The van der Waals surface area contributed by atoms with E-state index in [0.717, 1.165) is 5.56 Å². The van der Waals surface area contributed by atoms with Crippen LogP contribution in [0.1, 0.15) is 59.6 Å². The van der Waals surface area contributed by atoms with Crippen molar-refractivity contribution < 1.29 is 23.6 Å². The average molecular weight is 414 g/mol. The predicted molar refractivity (Wildman–Crippen MR) is 116 cm³/mol. The summed E-state index contributed by atoms with van der Waals surface area (Å²) in [5.74, 6) is 0.472. The molecule has 1 amide bonds. The second-order valence-electron chi connectivity index (χ2n) is 9.23. The van der Waals surface area contributed by atoms with Crippen LogP contribution < -0.4 is 10.1 Å². The first-order chi connectivity index (χ1) is 13.8. The van der Waals surface area contributed by atoms with E-state index in [1.54, 1.807) is 39.0 Å². The number of benzene rings is 1. The van der Waals surface area contributed by atoms with Crippen LogP contribution in [0.4, 0.5) is 4.79 Å². The highest BCUT2D eigenvalue weighted by molar-refractivity contribution is 6.56. The summed E-state index contributed by atoms with van der Waals surface area (Å²) in [4.78, 5) is 12.2. The summed E-state index contributed by atoms with van der Waals surface area (Å²) in [6, 6.07) is 7.35. The number of carbonyl (C=O) groups excluding carboxylic acids is 1. The van der Waals surface area contributed by atoms with Crippen molar-refractivity contribution in [2.75, 3.05) is 13.7 Å². The lowest BCUT2D eigenvalue weighted by molar-refractivity contribution is 0.00578. The van der Waals surface area contributed by atoms with Crippen LogP contribution in [-0.4, -0.2) is 43.7 Å². The van der Waals surface area contributed by atoms with Gasteiger partial charge in [0.2, 0.25) is 0 Å². The fourth-order valence-corrected chi connectivity index (χ4v) is 2.79. The van der Waals surface area contributed by atoms with Crippen molar-refractivity contribution in [2.45, 2.75) is 65.3 Å². The first kappa shape index (κ1) is 23.8. The lowest BCUT2D eigenvalue weighted by Gasteiger charge is -2.32. The van der Waals surface area contributed by atoms with Gasteiger partial charge in [-0.2, -0.15) is 5.26 Å². The van der Waals surface area contributed by atoms with Gasteiger partial charge < -0.3 is 24.1 Å². The van der Waals surface area contributed by atoms with E-state index < -0.39 is 30.0 Å². The molecule has 2 rings (SSSR count). The smallest absolute Gasteiger partial charge is 0.492 e. The van der Waals surface area contributed by atoms with Crippen LogP contribution in [0, 0.1) is 11.3 Å². The minimum absolute atomic E-state index is 0.175. The van der Waals surface area contributed by atoms with Gasteiger partial charge in [-0.25, -0.2) is 4.79 Å². The van der Waals surface area contributed by atoms with Crippen LogP contribution >= 0.6 is 0 Å². The number of carbonyl (C=O) groups is 1. The molecule has 1 aromatic rings. The third-order valence-electron chi connectivity index (χ3n) is 5.09. The van der Waals surface area contributed by atoms with Gasteiger partial charge in [-0.05, 0) is 71.6 Å². The lowest BCUT2D eigenvalue weighted by atomic mass is 9.77. The number of hydrogen-bond acceptors (Lipinski definition) is 6. The summed E-state index contributed by atoms with van der Waals surface area (Å²) >= 11 is 0. The van der Waals surface area contributed by atoms with Gasteiger partial charge in [0, 0.05) is 6.54 Å². The third-order valence-corrected chi connectivity index (χ3v) is 5.09. The summed E-state index contributed by atoms with van der Waals surface area (Å²) in [6.07, 6.45) is 1.34. The molecule has 0 bridgehead atoms. The summed E-state index contributed by atoms with van der Waals surface area (Å²) in [6.45, 7) is 13.5. The molecule has 162 valence electrons. The molecule has 1 heterocycles. The lowest BCUT2D eigenvalue weighted by Crippen LogP contribution is -2.41. The Balaban J connectivity index is 2.33. The number of methoxy groups -OCH3 is 1. The van der Waals surface area contributed by atoms with E-state index in [1.165, 1.54) is 7.11 Å². The Labute approximate surface area is 179 Å². The minimum atomic E-state index is -0.647. The van der Waals surface area contributed by atoms with E-state index in [2.05, 4.69) is 11.4 Å². The van der Waals surface area contributed by atoms with Crippen LogP contribution in [-0.2, 0) is 14.0 Å². The highest BCUT2D eigenvalue weighted by atomic mass is 16.7. The monoisotopic (exact) mass is 414 g/mol. The van der Waals surface area contributed by atoms with Crippen molar-refractivity contribution in [1.82, 2.24) is 5.32 Å². The summed E-state index contributed by atoms with van der Waals surface area (Å²) in [5.41, 5.74) is 0.307. The number of amides is 1. The number of nitriles is 1. The summed E-state index contributed by atoms with van der Waals surface area (Å²) in [5, 5.41) is 12.0. The summed E-state index contributed by atoms with van der Waals surface area (Å²) in [7, 11) is 0.870. The van der Waals surface area contributed by atoms with Gasteiger partial charge in [0.25, 0.3) is 0 Å². The van der Waals surface area contributed by atoms with Gasteiger partial charge in [0.05, 0.1) is 23.9 Å². The van der Waals surface area contributed by atoms with E-state index in [-0.39, 0.29) is 6.54 Å². The van der Waals surface area contributed by atoms with E-state index in [4.69, 9.17) is 18.8 Å². The highest BCUT2D eigenvalue weighted by Gasteiger charge is 2.52. The number of hydrogen-bond donors (Lipinski definition) is 1. The third kappa shape index (κ3) is 5.77. The minimum Gasteiger partial charge on any atom is -0.495 e. The molecule has 1 N–H and O–H groups in total. The van der Waals surface area contributed by atoms with Gasteiger partial charge in [-0.15, -0.1) is 0 Å². The van der Waals surface area contributed by atoms with Gasteiger partial charge in [0.1, 0.15) is 17.4 Å². The van der Waals surface area contributed by atoms with Gasteiger partial charge in [-0.3, -0.25) is 0 Å². The van der Waals surface area contributed by atoms with Crippen LogP contribution in [0.3, 0.4) is 0 Å². The molecule has 8 heteroatoms. The van der Waals surface area contributed by atoms with E-state index in [9.17, 15) is 10.1 Å². The Morgan fingerprint density at radius 3 is 2.33 bits per heavy atom. The Hall–Kier alpha value is -2.50. The maximum absolute atomic E-state index is 12.2. The SMILES string of the molecule is COc1cc(C=C(CNC(=O)OC(C)(C)C)B2OC(C)(C)C(C)(C)O2)ccc1C#N. The van der Waals surface area contributed by atoms with Crippen LogP contribution in [0.2, 0.25) is 0 Å². The molecule has 1 saturated heterocycles. The van der Waals surface area contributed by atoms with Crippen molar-refractivity contribution in [1.29, 1.82) is 5.26 Å². The van der Waals surface area contributed by atoms with Crippen molar-refractivity contribution >= 4 is 19.3 Å². The zero-order valence-electron chi connectivity index (χ0n) is 19.1. The largest absolute Gasteiger partial charge is 0.495 e. The fourth-order valence-electron chi connectivity index (χ4n) is 2.79. The molecular formula is C22H31BN2O5. The molecule has 1 aliphatic heterocycles. The number of ether oxygens (including phenoxy) is 2. The quantitative estimate of drug-likeness (QED) is 0.730. The molecule has 0 aromatic heterocycles. The molecule has 7 nitrogen and oxygen atoms in total. The van der Waals surface area contributed by atoms with Gasteiger partial charge in [-0.1, -0.05) is 12.1 Å². The molecule has 0 aliphatic carbocycles. The molecule has 0 saturated carbocycles. The standard InChI is InChI=1S/C22H31BN2O5/c1-20(2,3)28-19(26)25-14-17(23-29-21(4,5)22(6,7)30-23)11-15-9-10-16(13-24)18(12-15)27-8/h9-12H,14H2,1-8H3,(H,25,26). The molecule has 0 unspecified atom stereocenters. The first-order valence-electron chi connectivity index (χ1n) is 9.89. The number of nitrogens with zero attached hydrogens (tertiary/aromatic N) is 1. The molecule has 1 aliphatic rings. The van der Waals surface area contributed by atoms with E-state index in [0.29, 0.717) is 16.8 Å². The van der Waals surface area contributed by atoms with Crippen molar-refractivity contribution in [3.8, 4) is 11.8 Å². The number of alkyl carbamates (subject to hydrolysis) is 1. The Morgan fingerprint density at radius 1 is 1.23 bits per heavy atom. The maximum Gasteiger partial charge on any atom is 0.492 e. The molecule has 1 fully saturated rings. The molecule has 1 aromatic carbocycles. The van der Waals surface area contributed by atoms with E-state index >= 15 is 0 Å². The summed E-state index contributed by atoms with van der Waals surface area (Å²) < 4.78 is 23.0. The highest BCUT2D eigenvalue weighted by Crippen LogP contribution is 2.39. The normalized spacial score (nSPS) is 18.0. The van der Waals surface area contributed by atoms with Crippen molar-refractivity contribution in [3.63, 3.8) is 0 Å². The molecule has 0 atom stereocenters. The number of rotatable bonds is 5. The zero-order valence-corrected chi connectivity index (χ0v) is 19.1. The van der Waals surface area contributed by atoms with Crippen LogP contribution in [0.15, 0.2) is 23.7 Å². The second-order valence-corrected chi connectivity index (χ2v) is 9.23. The second kappa shape index (κ2) is 8.70. The molecular weight excluding hydrogens is 383 g/mol. The van der Waals surface area contributed by atoms with Crippen molar-refractivity contribution in [3.05, 3.63) is 34.8 Å². The average Bonchev–Trinajstić information content (AvgIpc) is 2.84. The molecule has 30 heavy (non-hydrogen) atoms. The van der Waals surface area contributed by atoms with Gasteiger partial charge >= 0.3 is 13.2 Å². The van der Waals surface area contributed by atoms with Crippen molar-refractivity contribution in [2.24, 2.45) is 0 Å².